The Morgan fingerprint density at radius 2 is 2.03 bits per heavy atom. The highest BCUT2D eigenvalue weighted by atomic mass is 16.5. The number of carbonyl (C=O) groups is 3. The number of pyridine rings is 1. The highest BCUT2D eigenvalue weighted by Gasteiger charge is 2.32. The van der Waals surface area contributed by atoms with Gasteiger partial charge in [0.2, 0.25) is 11.8 Å². The third-order valence-electron chi connectivity index (χ3n) is 5.17. The average molecular weight is 450 g/mol. The number of para-hydroxylation sites is 1. The van der Waals surface area contributed by atoms with Gasteiger partial charge in [0, 0.05) is 29.3 Å². The molecule has 2 aliphatic rings. The predicted molar refractivity (Wildman–Crippen MR) is 118 cm³/mol. The molecular weight excluding hydrogens is 428 g/mol. The summed E-state index contributed by atoms with van der Waals surface area (Å²) in [5.74, 6) is -1.14. The number of methoxy groups -OCH3 is 1. The normalized spacial score (nSPS) is 18.8. The third-order valence-corrected chi connectivity index (χ3v) is 5.17. The van der Waals surface area contributed by atoms with Gasteiger partial charge in [0.15, 0.2) is 5.75 Å². The second-order valence-corrected chi connectivity index (χ2v) is 7.56. The number of amides is 2. The summed E-state index contributed by atoms with van der Waals surface area (Å²) in [7, 11) is 1.48. The molecule has 1 unspecified atom stereocenters. The van der Waals surface area contributed by atoms with Crippen LogP contribution in [0.5, 0.6) is 5.75 Å². The molecule has 11 heteroatoms. The van der Waals surface area contributed by atoms with Crippen LogP contribution >= 0.6 is 0 Å². The Bertz CT molecular complexity index is 1170. The molecule has 0 spiro atoms. The number of primary amides is 1. The van der Waals surface area contributed by atoms with Crippen LogP contribution in [0.2, 0.25) is 0 Å². The maximum absolute atomic E-state index is 12.1. The van der Waals surface area contributed by atoms with Crippen LogP contribution in [0.3, 0.4) is 0 Å². The maximum Gasteiger partial charge on any atom is 0.354 e. The van der Waals surface area contributed by atoms with Crippen LogP contribution in [-0.2, 0) is 9.59 Å². The summed E-state index contributed by atoms with van der Waals surface area (Å²) in [5.41, 5.74) is 12.9. The number of hydrogen-bond donors (Lipinski definition) is 5. The molecule has 2 amide bonds. The van der Waals surface area contributed by atoms with E-state index >= 15 is 0 Å². The van der Waals surface area contributed by atoms with Gasteiger partial charge in [-0.15, -0.1) is 0 Å². The molecule has 1 aromatic carbocycles. The smallest absolute Gasteiger partial charge is 0.354 e. The fourth-order valence-electron chi connectivity index (χ4n) is 3.33. The van der Waals surface area contributed by atoms with Crippen molar-refractivity contribution in [2.75, 3.05) is 7.11 Å². The van der Waals surface area contributed by atoms with Gasteiger partial charge in [-0.2, -0.15) is 0 Å². The number of ether oxygens (including phenoxy) is 1. The number of rotatable bonds is 7. The van der Waals surface area contributed by atoms with E-state index in [4.69, 9.17) is 15.6 Å². The topological polar surface area (TPSA) is 168 Å². The fraction of sp³-hybridized carbons (Fsp3) is 0.227. The Hall–Kier alpha value is -4.25. The number of aliphatic imine (C=N–C) groups is 1. The number of hydrogen-bond acceptors (Lipinski definition) is 8. The van der Waals surface area contributed by atoms with Crippen molar-refractivity contribution in [3.05, 3.63) is 54.1 Å². The zero-order chi connectivity index (χ0) is 23.5. The molecule has 6 N–H and O–H groups in total. The third kappa shape index (κ3) is 4.83. The molecule has 4 rings (SSSR count). The van der Waals surface area contributed by atoms with Crippen LogP contribution in [0.15, 0.2) is 53.4 Å². The van der Waals surface area contributed by atoms with Gasteiger partial charge in [-0.25, -0.2) is 20.2 Å². The Morgan fingerprint density at radius 1 is 1.24 bits per heavy atom. The van der Waals surface area contributed by atoms with Crippen molar-refractivity contribution in [3.8, 4) is 16.9 Å². The summed E-state index contributed by atoms with van der Waals surface area (Å²) in [4.78, 5) is 43.7. The predicted octanol–water partition coefficient (Wildman–Crippen LogP) is 0.857. The van der Waals surface area contributed by atoms with E-state index in [-0.39, 0.29) is 23.2 Å². The van der Waals surface area contributed by atoms with Gasteiger partial charge >= 0.3 is 5.97 Å². The minimum Gasteiger partial charge on any atom is -0.494 e. The largest absolute Gasteiger partial charge is 0.494 e. The number of aromatic carboxylic acids is 1. The first kappa shape index (κ1) is 22.0. The molecule has 0 bridgehead atoms. The Kier molecular flexibility index (Phi) is 6.05. The summed E-state index contributed by atoms with van der Waals surface area (Å²) in [5, 5.41) is 11.8. The van der Waals surface area contributed by atoms with Gasteiger partial charge in [-0.1, -0.05) is 18.2 Å². The van der Waals surface area contributed by atoms with E-state index in [1.807, 2.05) is 0 Å². The number of benzene rings is 1. The molecule has 1 aromatic heterocycles. The molecule has 0 radical (unpaired) electrons. The van der Waals surface area contributed by atoms with E-state index in [2.05, 4.69) is 26.1 Å². The van der Waals surface area contributed by atoms with Crippen molar-refractivity contribution < 1.29 is 24.2 Å². The van der Waals surface area contributed by atoms with Crippen molar-refractivity contribution in [2.45, 2.75) is 18.9 Å². The fourth-order valence-corrected chi connectivity index (χ4v) is 3.33. The van der Waals surface area contributed by atoms with Crippen LogP contribution < -0.4 is 26.6 Å². The number of carboxylic acid groups (broad SMARTS) is 1. The minimum atomic E-state index is -1.12. The summed E-state index contributed by atoms with van der Waals surface area (Å²) in [6, 6.07) is 7.29. The van der Waals surface area contributed by atoms with Crippen LogP contribution in [0.1, 0.15) is 23.3 Å². The van der Waals surface area contributed by atoms with Gasteiger partial charge in [0.05, 0.1) is 12.8 Å². The van der Waals surface area contributed by atoms with E-state index < -0.39 is 17.9 Å². The number of carbonyl (C=O) groups excluding carboxylic acids is 2. The summed E-state index contributed by atoms with van der Waals surface area (Å²) in [6.07, 6.45) is 4.68. The molecule has 1 atom stereocenters. The second kappa shape index (κ2) is 9.09. The molecule has 1 aliphatic carbocycles. The van der Waals surface area contributed by atoms with Gasteiger partial charge in [0.25, 0.3) is 0 Å². The molecule has 0 saturated heterocycles. The molecule has 33 heavy (non-hydrogen) atoms. The molecule has 2 aromatic rings. The van der Waals surface area contributed by atoms with Gasteiger partial charge in [0.1, 0.15) is 23.2 Å². The first-order valence-corrected chi connectivity index (χ1v) is 10.2. The first-order valence-electron chi connectivity index (χ1n) is 10.2. The summed E-state index contributed by atoms with van der Waals surface area (Å²) < 4.78 is 5.58. The number of nitrogens with zero attached hydrogens (tertiary/aromatic N) is 2. The van der Waals surface area contributed by atoms with Gasteiger partial charge < -0.3 is 26.3 Å². The standard InChI is InChI=1S/C22H22N6O5/c1-33-19-13(12-7-8-15(22(31)32)24-10-12)3-2-4-14(19)25-16-9-17(26-21(30)11-5-6-11)27-28-18(16)20(23)29/h2-4,7-11,18,27-28H,5-6H2,1H3,(H2,23,29)(H,26,30)(H,31,32). The van der Waals surface area contributed by atoms with E-state index in [0.29, 0.717) is 28.4 Å². The lowest BCUT2D eigenvalue weighted by Crippen LogP contribution is -2.57. The van der Waals surface area contributed by atoms with Crippen LogP contribution in [0.4, 0.5) is 5.69 Å². The van der Waals surface area contributed by atoms with E-state index in [1.165, 1.54) is 19.4 Å². The van der Waals surface area contributed by atoms with Crippen LogP contribution in [-0.4, -0.2) is 46.7 Å². The molecule has 1 fully saturated rings. The second-order valence-electron chi connectivity index (χ2n) is 7.56. The Balaban J connectivity index is 1.72. The zero-order valence-corrected chi connectivity index (χ0v) is 17.7. The molecule has 1 saturated carbocycles. The lowest BCUT2D eigenvalue weighted by atomic mass is 10.0. The van der Waals surface area contributed by atoms with Crippen LogP contribution in [0, 0.1) is 5.92 Å². The monoisotopic (exact) mass is 450 g/mol. The Labute approximate surface area is 188 Å². The number of nitrogens with one attached hydrogen (secondary N) is 3. The maximum atomic E-state index is 12.1. The molecule has 1 aliphatic heterocycles. The first-order chi connectivity index (χ1) is 15.9. The van der Waals surface area contributed by atoms with E-state index in [1.54, 1.807) is 30.3 Å². The number of hydrazine groups is 1. The SMILES string of the molecule is COc1c(N=C2C=C(NC(=O)C3CC3)NNC2C(N)=O)cccc1-c1ccc(C(=O)O)nc1. The number of nitrogens with two attached hydrogens (primary N) is 1. The van der Waals surface area contributed by atoms with Crippen molar-refractivity contribution in [1.82, 2.24) is 21.2 Å². The van der Waals surface area contributed by atoms with Crippen molar-refractivity contribution in [1.29, 1.82) is 0 Å². The van der Waals surface area contributed by atoms with Gasteiger partial charge in [-0.3, -0.25) is 9.59 Å². The van der Waals surface area contributed by atoms with Crippen molar-refractivity contribution in [2.24, 2.45) is 16.6 Å². The molecule has 2 heterocycles. The Morgan fingerprint density at radius 3 is 2.64 bits per heavy atom. The average Bonchev–Trinajstić information content (AvgIpc) is 3.64. The van der Waals surface area contributed by atoms with Gasteiger partial charge in [-0.05, 0) is 25.0 Å². The lowest BCUT2D eigenvalue weighted by Gasteiger charge is -2.25. The minimum absolute atomic E-state index is 0.000136. The van der Waals surface area contributed by atoms with Crippen molar-refractivity contribution in [3.63, 3.8) is 0 Å². The lowest BCUT2D eigenvalue weighted by molar-refractivity contribution is -0.121. The molecule has 170 valence electrons. The quantitative estimate of drug-likeness (QED) is 0.414. The highest BCUT2D eigenvalue weighted by Crippen LogP contribution is 2.38. The summed E-state index contributed by atoms with van der Waals surface area (Å²) in [6.45, 7) is 0. The van der Waals surface area contributed by atoms with E-state index in [9.17, 15) is 14.4 Å². The zero-order valence-electron chi connectivity index (χ0n) is 17.7. The molecule has 11 nitrogen and oxygen atoms in total. The van der Waals surface area contributed by atoms with Crippen molar-refractivity contribution >= 4 is 29.2 Å². The highest BCUT2D eigenvalue weighted by molar-refractivity contribution is 6.15. The summed E-state index contributed by atoms with van der Waals surface area (Å²) >= 11 is 0. The number of aromatic nitrogens is 1. The number of carboxylic acids is 1. The van der Waals surface area contributed by atoms with Crippen LogP contribution in [0.25, 0.3) is 11.1 Å². The molecular formula is C22H22N6O5. The van der Waals surface area contributed by atoms with E-state index in [0.717, 1.165) is 12.8 Å².